The van der Waals surface area contributed by atoms with Crippen molar-refractivity contribution in [2.24, 2.45) is 5.73 Å². The quantitative estimate of drug-likeness (QED) is 0.0269. The summed E-state index contributed by atoms with van der Waals surface area (Å²) in [5, 5.41) is 0. The highest BCUT2D eigenvalue weighted by Gasteiger charge is 2.25. The van der Waals surface area contributed by atoms with Gasteiger partial charge in [0.15, 0.2) is 6.10 Å². The van der Waals surface area contributed by atoms with Crippen LogP contribution in [0.2, 0.25) is 0 Å². The SMILES string of the molecule is CCCCC/C=C\C/C=C\C/C=C\CCCCC(=O)O[C@H](COC(=O)CCCCCCCCCCC/C=C\C/C=C\CCCCC)COP(=O)(O)OCCN. The molecule has 0 bridgehead atoms. The Morgan fingerprint density at radius 1 is 0.545 bits per heavy atom. The molecule has 1 unspecified atom stereocenters. The largest absolute Gasteiger partial charge is 0.472 e. The average molecular weight is 794 g/mol. The molecule has 0 aromatic carbocycles. The summed E-state index contributed by atoms with van der Waals surface area (Å²) in [6.07, 6.45) is 48.2. The molecule has 0 radical (unpaired) electrons. The van der Waals surface area contributed by atoms with Crippen LogP contribution in [0, 0.1) is 0 Å². The zero-order chi connectivity index (χ0) is 40.3. The van der Waals surface area contributed by atoms with E-state index < -0.39 is 32.5 Å². The van der Waals surface area contributed by atoms with Crippen molar-refractivity contribution in [2.75, 3.05) is 26.4 Å². The molecule has 3 N–H and O–H groups in total. The third-order valence-corrected chi connectivity index (χ3v) is 9.86. The second-order valence-electron chi connectivity index (χ2n) is 14.2. The minimum Gasteiger partial charge on any atom is -0.462 e. The molecule has 0 amide bonds. The summed E-state index contributed by atoms with van der Waals surface area (Å²) in [5.74, 6) is -0.881. The minimum absolute atomic E-state index is 0.0443. The van der Waals surface area contributed by atoms with Gasteiger partial charge in [0, 0.05) is 19.4 Å². The van der Waals surface area contributed by atoms with Crippen molar-refractivity contribution < 1.29 is 37.6 Å². The maximum absolute atomic E-state index is 12.6. The lowest BCUT2D eigenvalue weighted by Crippen LogP contribution is -2.29. The zero-order valence-corrected chi connectivity index (χ0v) is 35.8. The molecule has 0 heterocycles. The molecule has 0 saturated carbocycles. The number of ether oxygens (including phenoxy) is 2. The zero-order valence-electron chi connectivity index (χ0n) is 34.9. The first kappa shape index (κ1) is 52.7. The first-order valence-corrected chi connectivity index (χ1v) is 23.3. The molecule has 9 nitrogen and oxygen atoms in total. The van der Waals surface area contributed by atoms with Gasteiger partial charge in [0.2, 0.25) is 0 Å². The number of phosphoric acid groups is 1. The summed E-state index contributed by atoms with van der Waals surface area (Å²) >= 11 is 0. The molecule has 0 aliphatic rings. The van der Waals surface area contributed by atoms with Crippen LogP contribution in [0.1, 0.15) is 181 Å². The lowest BCUT2D eigenvalue weighted by atomic mass is 10.1. The van der Waals surface area contributed by atoms with E-state index in [1.165, 1.54) is 77.0 Å². The fourth-order valence-electron chi connectivity index (χ4n) is 5.61. The summed E-state index contributed by atoms with van der Waals surface area (Å²) < 4.78 is 32.7. The molecule has 318 valence electrons. The first-order chi connectivity index (χ1) is 26.8. The number of phosphoric ester groups is 1. The van der Waals surface area contributed by atoms with E-state index in [0.717, 1.165) is 70.6 Å². The maximum Gasteiger partial charge on any atom is 0.472 e. The number of carbonyl (C=O) groups excluding carboxylic acids is 2. The lowest BCUT2D eigenvalue weighted by molar-refractivity contribution is -0.161. The predicted molar refractivity (Wildman–Crippen MR) is 229 cm³/mol. The number of nitrogens with two attached hydrogens (primary N) is 1. The van der Waals surface area contributed by atoms with Crippen LogP contribution in [-0.4, -0.2) is 49.3 Å². The molecule has 0 aliphatic carbocycles. The van der Waals surface area contributed by atoms with Crippen molar-refractivity contribution in [3.05, 3.63) is 60.8 Å². The monoisotopic (exact) mass is 794 g/mol. The van der Waals surface area contributed by atoms with Gasteiger partial charge in [-0.3, -0.25) is 18.6 Å². The molecule has 2 atom stereocenters. The van der Waals surface area contributed by atoms with Crippen molar-refractivity contribution >= 4 is 19.8 Å². The Morgan fingerprint density at radius 2 is 0.945 bits per heavy atom. The molecule has 0 spiro atoms. The second-order valence-corrected chi connectivity index (χ2v) is 15.7. The normalized spacial score (nSPS) is 13.9. The van der Waals surface area contributed by atoms with Crippen LogP contribution in [0.5, 0.6) is 0 Å². The molecule has 0 aromatic rings. The van der Waals surface area contributed by atoms with Crippen molar-refractivity contribution in [1.82, 2.24) is 0 Å². The Kier molecular flexibility index (Phi) is 39.6. The summed E-state index contributed by atoms with van der Waals surface area (Å²) in [4.78, 5) is 34.8. The molecule has 0 saturated heterocycles. The molecular weight excluding hydrogens is 713 g/mol. The van der Waals surface area contributed by atoms with E-state index in [0.29, 0.717) is 6.42 Å². The van der Waals surface area contributed by atoms with Gasteiger partial charge in [0.1, 0.15) is 6.61 Å². The van der Waals surface area contributed by atoms with Gasteiger partial charge in [0.25, 0.3) is 0 Å². The molecule has 0 fully saturated rings. The van der Waals surface area contributed by atoms with Crippen LogP contribution in [0.15, 0.2) is 60.8 Å². The second kappa shape index (κ2) is 41.3. The van der Waals surface area contributed by atoms with E-state index >= 15 is 0 Å². The number of unbranched alkanes of at least 4 members (excludes halogenated alkanes) is 17. The van der Waals surface area contributed by atoms with E-state index in [1.54, 1.807) is 0 Å². The molecule has 55 heavy (non-hydrogen) atoms. The Hall–Kier alpha value is -2.29. The molecular formula is C45H80NO8P. The number of hydrogen-bond donors (Lipinski definition) is 2. The maximum atomic E-state index is 12.6. The Morgan fingerprint density at radius 3 is 1.44 bits per heavy atom. The summed E-state index contributed by atoms with van der Waals surface area (Å²) in [5.41, 5.74) is 5.34. The van der Waals surface area contributed by atoms with Crippen LogP contribution >= 0.6 is 7.82 Å². The van der Waals surface area contributed by atoms with Gasteiger partial charge in [-0.2, -0.15) is 0 Å². The number of hydrogen-bond acceptors (Lipinski definition) is 8. The van der Waals surface area contributed by atoms with E-state index in [2.05, 4.69) is 74.6 Å². The number of carbonyl (C=O) groups is 2. The van der Waals surface area contributed by atoms with Crippen molar-refractivity contribution in [3.63, 3.8) is 0 Å². The van der Waals surface area contributed by atoms with E-state index in [-0.39, 0.29) is 32.6 Å². The van der Waals surface area contributed by atoms with Gasteiger partial charge in [-0.25, -0.2) is 4.57 Å². The number of allylic oxidation sites excluding steroid dienone is 10. The predicted octanol–water partition coefficient (Wildman–Crippen LogP) is 12.5. The fraction of sp³-hybridized carbons (Fsp3) is 0.733. The Bertz CT molecular complexity index is 1090. The standard InChI is InChI=1S/C45H80NO8P/c1-3-5-7-9-11-13-15-17-19-20-21-22-24-25-27-29-31-33-35-37-44(47)51-41-43(42-53-55(49,50)52-40-39-46)54-45(48)38-36-34-32-30-28-26-23-18-16-14-12-10-8-6-4-2/h11-14,17-19,23,28,30,43H,3-10,15-16,20-22,24-27,29,31-42,46H2,1-2H3,(H,49,50)/b13-11-,14-12-,19-17-,23-18-,30-28-/t43-/m1/s1. The minimum atomic E-state index is -4.39. The van der Waals surface area contributed by atoms with E-state index in [1.807, 2.05) is 0 Å². The Labute approximate surface area is 336 Å². The van der Waals surface area contributed by atoms with Gasteiger partial charge in [0.05, 0.1) is 13.2 Å². The van der Waals surface area contributed by atoms with Gasteiger partial charge >= 0.3 is 19.8 Å². The van der Waals surface area contributed by atoms with Crippen LogP contribution in [0.4, 0.5) is 0 Å². The summed E-state index contributed by atoms with van der Waals surface area (Å²) in [6.45, 7) is 3.62. The van der Waals surface area contributed by atoms with Crippen LogP contribution in [-0.2, 0) is 32.7 Å². The van der Waals surface area contributed by atoms with Crippen molar-refractivity contribution in [2.45, 2.75) is 187 Å². The topological polar surface area (TPSA) is 134 Å². The summed E-state index contributed by atoms with van der Waals surface area (Å²) in [6, 6.07) is 0. The molecule has 0 aromatic heterocycles. The third kappa shape index (κ3) is 41.2. The highest BCUT2D eigenvalue weighted by atomic mass is 31.2. The number of rotatable bonds is 40. The van der Waals surface area contributed by atoms with Crippen LogP contribution in [0.3, 0.4) is 0 Å². The van der Waals surface area contributed by atoms with Crippen LogP contribution < -0.4 is 5.73 Å². The number of esters is 2. The van der Waals surface area contributed by atoms with Gasteiger partial charge in [-0.15, -0.1) is 0 Å². The van der Waals surface area contributed by atoms with Crippen LogP contribution in [0.25, 0.3) is 0 Å². The lowest BCUT2D eigenvalue weighted by Gasteiger charge is -2.19. The van der Waals surface area contributed by atoms with Gasteiger partial charge < -0.3 is 20.1 Å². The molecule has 0 aliphatic heterocycles. The van der Waals surface area contributed by atoms with Gasteiger partial charge in [-0.1, -0.05) is 145 Å². The smallest absolute Gasteiger partial charge is 0.462 e. The van der Waals surface area contributed by atoms with E-state index in [9.17, 15) is 19.0 Å². The van der Waals surface area contributed by atoms with Crippen molar-refractivity contribution in [1.29, 1.82) is 0 Å². The fourth-order valence-corrected chi connectivity index (χ4v) is 6.38. The van der Waals surface area contributed by atoms with Crippen molar-refractivity contribution in [3.8, 4) is 0 Å². The average Bonchev–Trinajstić information content (AvgIpc) is 3.17. The highest BCUT2D eigenvalue weighted by molar-refractivity contribution is 7.47. The highest BCUT2D eigenvalue weighted by Crippen LogP contribution is 2.43. The molecule has 10 heteroatoms. The van der Waals surface area contributed by atoms with Gasteiger partial charge in [-0.05, 0) is 83.5 Å². The van der Waals surface area contributed by atoms with E-state index in [4.69, 9.17) is 24.3 Å². The first-order valence-electron chi connectivity index (χ1n) is 21.8. The third-order valence-electron chi connectivity index (χ3n) is 8.88. The Balaban J connectivity index is 4.20. The summed E-state index contributed by atoms with van der Waals surface area (Å²) in [7, 11) is -4.39. The molecule has 0 rings (SSSR count).